The van der Waals surface area contributed by atoms with E-state index in [4.69, 9.17) is 11.6 Å². The molecule has 0 radical (unpaired) electrons. The summed E-state index contributed by atoms with van der Waals surface area (Å²) in [5.74, 6) is -1.77. The summed E-state index contributed by atoms with van der Waals surface area (Å²) in [7, 11) is 0. The van der Waals surface area contributed by atoms with E-state index < -0.39 is 11.8 Å². The molecule has 0 aliphatic rings. The Morgan fingerprint density at radius 2 is 1.80 bits per heavy atom. The molecule has 0 fully saturated rings. The van der Waals surface area contributed by atoms with Crippen LogP contribution in [0.1, 0.15) is 15.2 Å². The van der Waals surface area contributed by atoms with E-state index in [2.05, 4.69) is 15.9 Å². The van der Waals surface area contributed by atoms with Crippen LogP contribution in [0.15, 0.2) is 45.8 Å². The standard InChI is InChI=1S/C14H8BrClO3S/c15-12-6-5-11(20-12)13(17)10(14(18)19)7-8-1-3-9(16)4-2-8/h1-7H,(H,18,19)/b10-7-. The first-order chi connectivity index (χ1) is 9.47. The van der Waals surface area contributed by atoms with Crippen LogP contribution in [0.2, 0.25) is 5.02 Å². The summed E-state index contributed by atoms with van der Waals surface area (Å²) in [5.41, 5.74) is 0.331. The minimum atomic E-state index is -1.26. The maximum atomic E-state index is 12.2. The smallest absolute Gasteiger partial charge is 0.339 e. The van der Waals surface area contributed by atoms with Gasteiger partial charge in [0.1, 0.15) is 5.57 Å². The van der Waals surface area contributed by atoms with Crippen LogP contribution in [0.5, 0.6) is 0 Å². The van der Waals surface area contributed by atoms with Crippen molar-refractivity contribution in [3.63, 3.8) is 0 Å². The van der Waals surface area contributed by atoms with Gasteiger partial charge in [-0.25, -0.2) is 4.79 Å². The number of carbonyl (C=O) groups is 2. The third-order valence-corrected chi connectivity index (χ3v) is 4.33. The van der Waals surface area contributed by atoms with Crippen molar-refractivity contribution in [2.45, 2.75) is 0 Å². The van der Waals surface area contributed by atoms with Crippen molar-refractivity contribution in [1.82, 2.24) is 0 Å². The summed E-state index contributed by atoms with van der Waals surface area (Å²) in [5, 5.41) is 9.75. The van der Waals surface area contributed by atoms with Crippen LogP contribution >= 0.6 is 38.9 Å². The Labute approximate surface area is 132 Å². The Kier molecular flexibility index (Phi) is 4.75. The Morgan fingerprint density at radius 3 is 2.30 bits per heavy atom. The summed E-state index contributed by atoms with van der Waals surface area (Å²) in [6.07, 6.45) is 1.34. The SMILES string of the molecule is O=C(O)/C(=C\c1ccc(Cl)cc1)C(=O)c1ccc(Br)s1. The van der Waals surface area contributed by atoms with Gasteiger partial charge < -0.3 is 5.11 Å². The second kappa shape index (κ2) is 6.35. The molecule has 20 heavy (non-hydrogen) atoms. The van der Waals surface area contributed by atoms with E-state index in [1.54, 1.807) is 36.4 Å². The summed E-state index contributed by atoms with van der Waals surface area (Å²) in [4.78, 5) is 23.8. The number of rotatable bonds is 4. The number of halogens is 2. The molecule has 1 N–H and O–H groups in total. The predicted molar refractivity (Wildman–Crippen MR) is 83.4 cm³/mol. The lowest BCUT2D eigenvalue weighted by atomic mass is 10.1. The molecule has 1 aromatic heterocycles. The van der Waals surface area contributed by atoms with E-state index in [1.165, 1.54) is 17.4 Å². The molecule has 0 saturated carbocycles. The number of hydrogen-bond donors (Lipinski definition) is 1. The van der Waals surface area contributed by atoms with Gasteiger partial charge in [0.05, 0.1) is 8.66 Å². The molecule has 0 aliphatic heterocycles. The number of aliphatic carboxylic acids is 1. The second-order valence-corrected chi connectivity index (χ2v) is 6.75. The van der Waals surface area contributed by atoms with Crippen molar-refractivity contribution < 1.29 is 14.7 Å². The van der Waals surface area contributed by atoms with Gasteiger partial charge in [0, 0.05) is 5.02 Å². The van der Waals surface area contributed by atoms with E-state index >= 15 is 0 Å². The highest BCUT2D eigenvalue weighted by atomic mass is 79.9. The van der Waals surface area contributed by atoms with Crippen LogP contribution in [-0.4, -0.2) is 16.9 Å². The van der Waals surface area contributed by atoms with E-state index in [9.17, 15) is 14.7 Å². The third kappa shape index (κ3) is 3.56. The van der Waals surface area contributed by atoms with Crippen LogP contribution in [0, 0.1) is 0 Å². The second-order valence-electron chi connectivity index (χ2n) is 3.85. The van der Waals surface area contributed by atoms with Gasteiger partial charge in [-0.1, -0.05) is 23.7 Å². The molecule has 6 heteroatoms. The number of carboxylic acid groups (broad SMARTS) is 1. The first kappa shape index (κ1) is 15.0. The Bertz CT molecular complexity index is 689. The number of thiophene rings is 1. The molecule has 0 saturated heterocycles. The normalized spacial score (nSPS) is 11.4. The van der Waals surface area contributed by atoms with Gasteiger partial charge in [-0.2, -0.15) is 0 Å². The molecule has 0 bridgehead atoms. The minimum Gasteiger partial charge on any atom is -0.478 e. The molecule has 0 amide bonds. The van der Waals surface area contributed by atoms with Gasteiger partial charge in [0.2, 0.25) is 5.78 Å². The maximum absolute atomic E-state index is 12.2. The molecule has 3 nitrogen and oxygen atoms in total. The van der Waals surface area contributed by atoms with Crippen LogP contribution in [0.25, 0.3) is 6.08 Å². The number of Topliss-reactive ketones (excluding diaryl/α,β-unsaturated/α-hetero) is 1. The van der Waals surface area contributed by atoms with Crippen molar-refractivity contribution in [2.24, 2.45) is 0 Å². The van der Waals surface area contributed by atoms with E-state index in [1.807, 2.05) is 0 Å². The highest BCUT2D eigenvalue weighted by Gasteiger charge is 2.20. The lowest BCUT2D eigenvalue weighted by Crippen LogP contribution is -2.11. The average molecular weight is 372 g/mol. The number of carboxylic acids is 1. The molecule has 2 rings (SSSR count). The van der Waals surface area contributed by atoms with Gasteiger partial charge in [-0.05, 0) is 51.8 Å². The fourth-order valence-corrected chi connectivity index (χ4v) is 2.99. The zero-order chi connectivity index (χ0) is 14.7. The third-order valence-electron chi connectivity index (χ3n) is 2.45. The van der Waals surface area contributed by atoms with Gasteiger partial charge >= 0.3 is 5.97 Å². The molecular formula is C14H8BrClO3S. The fraction of sp³-hybridized carbons (Fsp3) is 0. The lowest BCUT2D eigenvalue weighted by Gasteiger charge is -2.00. The van der Waals surface area contributed by atoms with Crippen molar-refractivity contribution in [3.8, 4) is 0 Å². The van der Waals surface area contributed by atoms with Crippen LogP contribution in [0.3, 0.4) is 0 Å². The number of hydrogen-bond acceptors (Lipinski definition) is 3. The number of benzene rings is 1. The Balaban J connectivity index is 2.38. The largest absolute Gasteiger partial charge is 0.478 e. The van der Waals surface area contributed by atoms with Crippen LogP contribution in [0.4, 0.5) is 0 Å². The monoisotopic (exact) mass is 370 g/mol. The average Bonchev–Trinajstić information content (AvgIpc) is 2.83. The van der Waals surface area contributed by atoms with Crippen molar-refractivity contribution >= 4 is 56.7 Å². The van der Waals surface area contributed by atoms with Crippen molar-refractivity contribution in [2.75, 3.05) is 0 Å². The van der Waals surface area contributed by atoms with Crippen molar-refractivity contribution in [1.29, 1.82) is 0 Å². The molecule has 0 spiro atoms. The summed E-state index contributed by atoms with van der Waals surface area (Å²) < 4.78 is 0.775. The van der Waals surface area contributed by atoms with E-state index in [0.29, 0.717) is 15.5 Å². The summed E-state index contributed by atoms with van der Waals surface area (Å²) in [6, 6.07) is 9.89. The van der Waals surface area contributed by atoms with Gasteiger partial charge in [0.15, 0.2) is 0 Å². The minimum absolute atomic E-state index is 0.276. The molecule has 1 aromatic carbocycles. The fourth-order valence-electron chi connectivity index (χ4n) is 1.52. The summed E-state index contributed by atoms with van der Waals surface area (Å²) >= 11 is 10.2. The molecular weight excluding hydrogens is 364 g/mol. The maximum Gasteiger partial charge on any atom is 0.339 e. The highest BCUT2D eigenvalue weighted by molar-refractivity contribution is 9.11. The van der Waals surface area contributed by atoms with Crippen LogP contribution < -0.4 is 0 Å². The number of carbonyl (C=O) groups excluding carboxylic acids is 1. The van der Waals surface area contributed by atoms with Gasteiger partial charge in [0.25, 0.3) is 0 Å². The first-order valence-corrected chi connectivity index (χ1v) is 7.46. The molecule has 0 unspecified atom stereocenters. The van der Waals surface area contributed by atoms with Gasteiger partial charge in [-0.15, -0.1) is 11.3 Å². The van der Waals surface area contributed by atoms with Crippen LogP contribution in [-0.2, 0) is 4.79 Å². The zero-order valence-corrected chi connectivity index (χ0v) is 13.1. The molecule has 2 aromatic rings. The molecule has 1 heterocycles. The lowest BCUT2D eigenvalue weighted by molar-refractivity contribution is -0.132. The molecule has 0 atom stereocenters. The molecule has 0 aliphatic carbocycles. The van der Waals surface area contributed by atoms with E-state index in [-0.39, 0.29) is 5.57 Å². The molecule has 102 valence electrons. The Hall–Kier alpha value is -1.43. The number of ketones is 1. The topological polar surface area (TPSA) is 54.4 Å². The highest BCUT2D eigenvalue weighted by Crippen LogP contribution is 2.25. The summed E-state index contributed by atoms with van der Waals surface area (Å²) in [6.45, 7) is 0. The Morgan fingerprint density at radius 1 is 1.15 bits per heavy atom. The predicted octanol–water partition coefficient (Wildman–Crippen LogP) is 4.51. The quantitative estimate of drug-likeness (QED) is 0.372. The van der Waals surface area contributed by atoms with Gasteiger partial charge in [-0.3, -0.25) is 4.79 Å². The van der Waals surface area contributed by atoms with Crippen molar-refractivity contribution in [3.05, 3.63) is 61.2 Å². The first-order valence-electron chi connectivity index (χ1n) is 5.48. The zero-order valence-electron chi connectivity index (χ0n) is 9.97. The van der Waals surface area contributed by atoms with E-state index in [0.717, 1.165) is 3.79 Å².